The number of likely N-dealkylation sites (N-methyl/N-ethyl adjacent to an activating group) is 1. The number of nitrogens with one attached hydrogen (secondary N) is 1. The van der Waals surface area contributed by atoms with Crippen LogP contribution < -0.4 is 11.1 Å². The molecule has 1 saturated carbocycles. The minimum Gasteiger partial charge on any atom is -0.369 e. The minimum atomic E-state index is -0.899. The third-order valence-corrected chi connectivity index (χ3v) is 5.33. The zero-order valence-electron chi connectivity index (χ0n) is 11.7. The SMILES string of the molecule is CNC(=O)C1(c2cccc(Br)c2)C2C=CC(C2)C1C(N)=O. The molecule has 110 valence electrons. The first-order valence-corrected chi connectivity index (χ1v) is 7.77. The van der Waals surface area contributed by atoms with Crippen LogP contribution in [0.15, 0.2) is 40.9 Å². The lowest BCUT2D eigenvalue weighted by Gasteiger charge is -2.39. The van der Waals surface area contributed by atoms with Crippen molar-refractivity contribution >= 4 is 27.7 Å². The van der Waals surface area contributed by atoms with Gasteiger partial charge >= 0.3 is 0 Å². The molecule has 0 heterocycles. The minimum absolute atomic E-state index is 0.00856. The average molecular weight is 349 g/mol. The van der Waals surface area contributed by atoms with Crippen LogP contribution in [0.5, 0.6) is 0 Å². The number of primary amides is 1. The van der Waals surface area contributed by atoms with Gasteiger partial charge in [-0.15, -0.1) is 0 Å². The molecule has 1 fully saturated rings. The molecule has 4 nitrogen and oxygen atoms in total. The second-order valence-electron chi connectivity index (χ2n) is 5.73. The van der Waals surface area contributed by atoms with Crippen LogP contribution >= 0.6 is 15.9 Å². The third kappa shape index (κ3) is 1.87. The van der Waals surface area contributed by atoms with Gasteiger partial charge in [0.25, 0.3) is 0 Å². The van der Waals surface area contributed by atoms with Crippen molar-refractivity contribution in [1.29, 1.82) is 0 Å². The van der Waals surface area contributed by atoms with Gasteiger partial charge in [-0.1, -0.05) is 40.2 Å². The molecular formula is C16H17BrN2O2. The fourth-order valence-electron chi connectivity index (χ4n) is 4.10. The molecule has 2 aliphatic carbocycles. The number of hydrogen-bond donors (Lipinski definition) is 2. The molecule has 1 aromatic rings. The van der Waals surface area contributed by atoms with E-state index in [1.165, 1.54) is 0 Å². The molecule has 4 atom stereocenters. The van der Waals surface area contributed by atoms with E-state index in [9.17, 15) is 9.59 Å². The van der Waals surface area contributed by atoms with Gasteiger partial charge in [-0.05, 0) is 36.0 Å². The van der Waals surface area contributed by atoms with Crippen molar-refractivity contribution in [1.82, 2.24) is 5.32 Å². The molecule has 0 aliphatic heterocycles. The summed E-state index contributed by atoms with van der Waals surface area (Å²) < 4.78 is 0.887. The molecule has 21 heavy (non-hydrogen) atoms. The van der Waals surface area contributed by atoms with E-state index in [1.807, 2.05) is 30.3 Å². The molecule has 5 heteroatoms. The summed E-state index contributed by atoms with van der Waals surface area (Å²) in [4.78, 5) is 24.9. The number of allylic oxidation sites excluding steroid dienone is 2. The Bertz CT molecular complexity index is 643. The van der Waals surface area contributed by atoms with E-state index in [2.05, 4.69) is 27.3 Å². The number of amides is 2. The highest BCUT2D eigenvalue weighted by Crippen LogP contribution is 2.57. The summed E-state index contributed by atoms with van der Waals surface area (Å²) in [5, 5.41) is 2.74. The first-order chi connectivity index (χ1) is 10.0. The molecule has 4 unspecified atom stereocenters. The monoisotopic (exact) mass is 348 g/mol. The van der Waals surface area contributed by atoms with E-state index in [4.69, 9.17) is 5.73 Å². The summed E-state index contributed by atoms with van der Waals surface area (Å²) in [5.41, 5.74) is 5.61. The Morgan fingerprint density at radius 3 is 2.76 bits per heavy atom. The number of nitrogens with two attached hydrogens (primary N) is 1. The summed E-state index contributed by atoms with van der Waals surface area (Å²) >= 11 is 3.45. The highest BCUT2D eigenvalue weighted by Gasteiger charge is 2.63. The zero-order valence-corrected chi connectivity index (χ0v) is 13.3. The quantitative estimate of drug-likeness (QED) is 0.816. The van der Waals surface area contributed by atoms with Crippen molar-refractivity contribution in [3.63, 3.8) is 0 Å². The van der Waals surface area contributed by atoms with Crippen LogP contribution in [0.2, 0.25) is 0 Å². The average Bonchev–Trinajstić information content (AvgIpc) is 3.05. The Kier molecular flexibility index (Phi) is 3.40. The maximum Gasteiger partial charge on any atom is 0.231 e. The van der Waals surface area contributed by atoms with Gasteiger partial charge in [0.1, 0.15) is 0 Å². The summed E-state index contributed by atoms with van der Waals surface area (Å²) in [5.74, 6) is -0.989. The second kappa shape index (κ2) is 4.98. The maximum atomic E-state index is 12.8. The van der Waals surface area contributed by atoms with Gasteiger partial charge in [-0.25, -0.2) is 0 Å². The smallest absolute Gasteiger partial charge is 0.231 e. The van der Waals surface area contributed by atoms with Gasteiger partial charge in [-0.3, -0.25) is 9.59 Å². The molecule has 0 spiro atoms. The van der Waals surface area contributed by atoms with Crippen LogP contribution in [0.3, 0.4) is 0 Å². The van der Waals surface area contributed by atoms with Crippen molar-refractivity contribution in [3.05, 3.63) is 46.5 Å². The lowest BCUT2D eigenvalue weighted by atomic mass is 9.63. The van der Waals surface area contributed by atoms with Crippen molar-refractivity contribution < 1.29 is 9.59 Å². The molecule has 0 aromatic heterocycles. The summed E-state index contributed by atoms with van der Waals surface area (Å²) in [7, 11) is 1.61. The van der Waals surface area contributed by atoms with Crippen LogP contribution in [0, 0.1) is 17.8 Å². The van der Waals surface area contributed by atoms with Gasteiger partial charge in [0, 0.05) is 11.5 Å². The molecule has 2 amide bonds. The van der Waals surface area contributed by atoms with Crippen molar-refractivity contribution in [2.75, 3.05) is 7.05 Å². The predicted molar refractivity (Wildman–Crippen MR) is 83.3 cm³/mol. The van der Waals surface area contributed by atoms with Gasteiger partial charge in [-0.2, -0.15) is 0 Å². The number of hydrogen-bond acceptors (Lipinski definition) is 2. The largest absolute Gasteiger partial charge is 0.369 e. The van der Waals surface area contributed by atoms with E-state index in [1.54, 1.807) is 7.05 Å². The predicted octanol–water partition coefficient (Wildman–Crippen LogP) is 1.74. The molecule has 3 rings (SSSR count). The third-order valence-electron chi connectivity index (χ3n) is 4.83. The standard InChI is InChI=1S/C16H17BrN2O2/c1-19-15(21)16(10-3-2-4-12(17)8-10)11-6-5-9(7-11)13(16)14(18)20/h2-6,8-9,11,13H,7H2,1H3,(H2,18,20)(H,19,21). The fourth-order valence-corrected chi connectivity index (χ4v) is 4.50. The van der Waals surface area contributed by atoms with Crippen molar-refractivity contribution in [2.45, 2.75) is 11.8 Å². The van der Waals surface area contributed by atoms with E-state index in [0.717, 1.165) is 16.5 Å². The zero-order chi connectivity index (χ0) is 15.2. The maximum absolute atomic E-state index is 12.8. The molecular weight excluding hydrogens is 332 g/mol. The Morgan fingerprint density at radius 1 is 1.38 bits per heavy atom. The van der Waals surface area contributed by atoms with Crippen molar-refractivity contribution in [2.24, 2.45) is 23.5 Å². The Labute approximate surface area is 131 Å². The highest BCUT2D eigenvalue weighted by molar-refractivity contribution is 9.10. The number of rotatable bonds is 3. The Morgan fingerprint density at radius 2 is 2.14 bits per heavy atom. The Balaban J connectivity index is 2.25. The first kappa shape index (κ1) is 14.3. The number of halogens is 1. The lowest BCUT2D eigenvalue weighted by Crippen LogP contribution is -2.55. The van der Waals surface area contributed by atoms with Crippen LogP contribution in [-0.4, -0.2) is 18.9 Å². The van der Waals surface area contributed by atoms with E-state index >= 15 is 0 Å². The van der Waals surface area contributed by atoms with Crippen LogP contribution in [0.4, 0.5) is 0 Å². The van der Waals surface area contributed by atoms with Crippen molar-refractivity contribution in [3.8, 4) is 0 Å². The molecule has 3 N–H and O–H groups in total. The van der Waals surface area contributed by atoms with Gasteiger partial charge in [0.15, 0.2) is 0 Å². The number of fused-ring (bicyclic) bond motifs is 2. The van der Waals surface area contributed by atoms with Crippen LogP contribution in [-0.2, 0) is 15.0 Å². The normalized spacial score (nSPS) is 33.1. The van der Waals surface area contributed by atoms with Crippen LogP contribution in [0.1, 0.15) is 12.0 Å². The van der Waals surface area contributed by atoms with E-state index in [0.29, 0.717) is 0 Å². The molecule has 2 bridgehead atoms. The van der Waals surface area contributed by atoms with E-state index in [-0.39, 0.29) is 17.7 Å². The molecule has 0 saturated heterocycles. The molecule has 1 aromatic carbocycles. The highest BCUT2D eigenvalue weighted by atomic mass is 79.9. The topological polar surface area (TPSA) is 72.2 Å². The second-order valence-corrected chi connectivity index (χ2v) is 6.65. The Hall–Kier alpha value is -1.62. The van der Waals surface area contributed by atoms with Crippen LogP contribution in [0.25, 0.3) is 0 Å². The van der Waals surface area contributed by atoms with E-state index < -0.39 is 17.2 Å². The molecule has 0 radical (unpaired) electrons. The number of carbonyl (C=O) groups excluding carboxylic acids is 2. The fraction of sp³-hybridized carbons (Fsp3) is 0.375. The summed E-state index contributed by atoms with van der Waals surface area (Å²) in [6.45, 7) is 0. The number of carbonyl (C=O) groups is 2. The lowest BCUT2D eigenvalue weighted by molar-refractivity contribution is -0.136. The summed E-state index contributed by atoms with van der Waals surface area (Å²) in [6.07, 6.45) is 4.88. The van der Waals surface area contributed by atoms with Gasteiger partial charge in [0.05, 0.1) is 11.3 Å². The molecule has 2 aliphatic rings. The summed E-state index contributed by atoms with van der Waals surface area (Å²) in [6, 6.07) is 7.62. The van der Waals surface area contributed by atoms with Gasteiger partial charge in [0.2, 0.25) is 11.8 Å². The number of benzene rings is 1. The first-order valence-electron chi connectivity index (χ1n) is 6.97. The van der Waals surface area contributed by atoms with Gasteiger partial charge < -0.3 is 11.1 Å².